The lowest BCUT2D eigenvalue weighted by atomic mass is 10.2. The second-order valence-electron chi connectivity index (χ2n) is 5.10. The molecule has 1 aromatic heterocycles. The van der Waals surface area contributed by atoms with Gasteiger partial charge in [0.1, 0.15) is 12.6 Å². The first kappa shape index (κ1) is 18.5. The van der Waals surface area contributed by atoms with Crippen molar-refractivity contribution in [3.8, 4) is 0 Å². The van der Waals surface area contributed by atoms with Gasteiger partial charge >= 0.3 is 0 Å². The second-order valence-corrected chi connectivity index (χ2v) is 5.10. The van der Waals surface area contributed by atoms with Crippen LogP contribution in [0.5, 0.6) is 0 Å². The van der Waals surface area contributed by atoms with E-state index in [0.717, 1.165) is 25.8 Å². The van der Waals surface area contributed by atoms with E-state index in [1.54, 1.807) is 12.5 Å². The third-order valence-corrected chi connectivity index (χ3v) is 3.19. The van der Waals surface area contributed by atoms with Crippen LogP contribution in [0.15, 0.2) is 18.7 Å². The molecule has 2 N–H and O–H groups in total. The van der Waals surface area contributed by atoms with Crippen LogP contribution in [-0.2, 0) is 25.7 Å². The Morgan fingerprint density at radius 1 is 1.17 bits per heavy atom. The third kappa shape index (κ3) is 8.50. The topological polar surface area (TPSA) is 110 Å². The maximum absolute atomic E-state index is 11.6. The van der Waals surface area contributed by atoms with E-state index in [9.17, 15) is 19.2 Å². The fraction of sp³-hybridized carbons (Fsp3) is 0.533. The molecule has 0 unspecified atom stereocenters. The van der Waals surface area contributed by atoms with Crippen molar-refractivity contribution in [3.05, 3.63) is 18.7 Å². The third-order valence-electron chi connectivity index (χ3n) is 3.19. The molecule has 2 amide bonds. The quantitative estimate of drug-likeness (QED) is 0.410. The Morgan fingerprint density at radius 3 is 2.65 bits per heavy atom. The van der Waals surface area contributed by atoms with Gasteiger partial charge < -0.3 is 24.8 Å². The molecule has 126 valence electrons. The number of amides is 2. The predicted octanol–water partition coefficient (Wildman–Crippen LogP) is -0.168. The molecule has 1 rings (SSSR count). The molecule has 0 bridgehead atoms. The molecule has 0 saturated carbocycles. The number of imidazole rings is 1. The first-order valence-electron chi connectivity index (χ1n) is 7.56. The highest BCUT2D eigenvalue weighted by molar-refractivity contribution is 5.86. The van der Waals surface area contributed by atoms with Gasteiger partial charge in [-0.25, -0.2) is 4.98 Å². The fourth-order valence-corrected chi connectivity index (χ4v) is 1.95. The summed E-state index contributed by atoms with van der Waals surface area (Å²) in [5.74, 6) is -0.696. The number of carbonyl (C=O) groups is 4. The summed E-state index contributed by atoms with van der Waals surface area (Å²) in [6.45, 7) is 0.672. The monoisotopic (exact) mass is 322 g/mol. The van der Waals surface area contributed by atoms with Crippen LogP contribution < -0.4 is 10.6 Å². The van der Waals surface area contributed by atoms with E-state index < -0.39 is 11.9 Å². The Kier molecular flexibility index (Phi) is 8.95. The Hall–Kier alpha value is -2.51. The summed E-state index contributed by atoms with van der Waals surface area (Å²) < 4.78 is 1.98. The average Bonchev–Trinajstić information content (AvgIpc) is 3.05. The number of aryl methyl sites for hydroxylation is 1. The van der Waals surface area contributed by atoms with Gasteiger partial charge in [-0.15, -0.1) is 0 Å². The summed E-state index contributed by atoms with van der Waals surface area (Å²) in [7, 11) is 0. The molecule has 0 aliphatic rings. The number of hydrogen-bond donors (Lipinski definition) is 2. The Morgan fingerprint density at radius 2 is 2.00 bits per heavy atom. The molecule has 1 heterocycles. The van der Waals surface area contributed by atoms with E-state index in [0.29, 0.717) is 19.0 Å². The summed E-state index contributed by atoms with van der Waals surface area (Å²) in [5, 5.41) is 4.84. The van der Waals surface area contributed by atoms with Crippen molar-refractivity contribution < 1.29 is 19.2 Å². The van der Waals surface area contributed by atoms with E-state index in [1.165, 1.54) is 0 Å². The van der Waals surface area contributed by atoms with Gasteiger partial charge in [-0.2, -0.15) is 0 Å². The van der Waals surface area contributed by atoms with E-state index in [2.05, 4.69) is 15.6 Å². The molecule has 8 nitrogen and oxygen atoms in total. The van der Waals surface area contributed by atoms with E-state index in [4.69, 9.17) is 0 Å². The summed E-state index contributed by atoms with van der Waals surface area (Å²) in [6, 6.07) is -0.833. The standard InChI is InChI=1S/C15H22N4O4/c20-9-5-13(11-21)18-15(23)10-17-14(22)4-2-1-3-7-19-8-6-16-12-19/h6,8-9,11-13H,1-5,7,10H2,(H,17,22)(H,18,23)/t13-/m0/s1. The minimum absolute atomic E-state index is 0.0693. The predicted molar refractivity (Wildman–Crippen MR) is 82.4 cm³/mol. The van der Waals surface area contributed by atoms with Crippen LogP contribution >= 0.6 is 0 Å². The van der Waals surface area contributed by atoms with Crippen molar-refractivity contribution in [1.82, 2.24) is 20.2 Å². The molecular formula is C15H22N4O4. The Labute approximate surface area is 134 Å². The van der Waals surface area contributed by atoms with Gasteiger partial charge in [-0.05, 0) is 12.8 Å². The van der Waals surface area contributed by atoms with Crippen LogP contribution in [0.25, 0.3) is 0 Å². The van der Waals surface area contributed by atoms with Crippen molar-refractivity contribution in [2.24, 2.45) is 0 Å². The van der Waals surface area contributed by atoms with Gasteiger partial charge in [-0.3, -0.25) is 9.59 Å². The zero-order valence-electron chi connectivity index (χ0n) is 12.9. The lowest BCUT2D eigenvalue weighted by molar-refractivity contribution is -0.127. The fourth-order valence-electron chi connectivity index (χ4n) is 1.95. The number of aldehydes is 2. The van der Waals surface area contributed by atoms with Crippen LogP contribution in [-0.4, -0.2) is 46.5 Å². The SMILES string of the molecule is O=CC[C@@H](C=O)NC(=O)CNC(=O)CCCCCn1ccnc1. The Balaban J connectivity index is 2.05. The molecule has 1 atom stereocenters. The van der Waals surface area contributed by atoms with Crippen LogP contribution in [0.4, 0.5) is 0 Å². The molecule has 23 heavy (non-hydrogen) atoms. The van der Waals surface area contributed by atoms with Crippen molar-refractivity contribution in [2.75, 3.05) is 6.54 Å². The molecular weight excluding hydrogens is 300 g/mol. The van der Waals surface area contributed by atoms with Crippen molar-refractivity contribution in [2.45, 2.75) is 44.7 Å². The molecule has 0 radical (unpaired) electrons. The number of hydrogen-bond acceptors (Lipinski definition) is 5. The van der Waals surface area contributed by atoms with Crippen LogP contribution in [0.1, 0.15) is 32.1 Å². The molecule has 0 fully saturated rings. The van der Waals surface area contributed by atoms with Crippen LogP contribution in [0.3, 0.4) is 0 Å². The lowest BCUT2D eigenvalue weighted by Gasteiger charge is -2.10. The van der Waals surface area contributed by atoms with Crippen LogP contribution in [0, 0.1) is 0 Å². The smallest absolute Gasteiger partial charge is 0.239 e. The van der Waals surface area contributed by atoms with E-state index in [-0.39, 0.29) is 18.9 Å². The normalized spacial score (nSPS) is 11.5. The lowest BCUT2D eigenvalue weighted by Crippen LogP contribution is -2.42. The minimum Gasteiger partial charge on any atom is -0.347 e. The highest BCUT2D eigenvalue weighted by Gasteiger charge is 2.11. The second kappa shape index (κ2) is 11.1. The molecule has 1 aromatic rings. The van der Waals surface area contributed by atoms with Gasteiger partial charge in [0.15, 0.2) is 0 Å². The number of unbranched alkanes of at least 4 members (excludes halogenated alkanes) is 2. The van der Waals surface area contributed by atoms with Crippen molar-refractivity contribution >= 4 is 24.4 Å². The van der Waals surface area contributed by atoms with E-state index >= 15 is 0 Å². The van der Waals surface area contributed by atoms with Gasteiger partial charge in [0.05, 0.1) is 18.9 Å². The minimum atomic E-state index is -0.833. The highest BCUT2D eigenvalue weighted by Crippen LogP contribution is 2.02. The molecule has 0 spiro atoms. The number of carbonyl (C=O) groups excluding carboxylic acids is 4. The van der Waals surface area contributed by atoms with Gasteiger partial charge in [0.2, 0.25) is 11.8 Å². The van der Waals surface area contributed by atoms with Crippen molar-refractivity contribution in [3.63, 3.8) is 0 Å². The zero-order chi connectivity index (χ0) is 16.9. The number of rotatable bonds is 12. The van der Waals surface area contributed by atoms with Crippen molar-refractivity contribution in [1.29, 1.82) is 0 Å². The van der Waals surface area contributed by atoms with Gasteiger partial charge in [0.25, 0.3) is 0 Å². The maximum Gasteiger partial charge on any atom is 0.239 e. The summed E-state index contributed by atoms with van der Waals surface area (Å²) in [5.41, 5.74) is 0. The van der Waals surface area contributed by atoms with Gasteiger partial charge in [-0.1, -0.05) is 6.42 Å². The molecule has 0 saturated heterocycles. The molecule has 0 aliphatic carbocycles. The highest BCUT2D eigenvalue weighted by atomic mass is 16.2. The average molecular weight is 322 g/mol. The zero-order valence-corrected chi connectivity index (χ0v) is 12.9. The first-order valence-corrected chi connectivity index (χ1v) is 7.56. The number of aromatic nitrogens is 2. The largest absolute Gasteiger partial charge is 0.347 e. The summed E-state index contributed by atoms with van der Waals surface area (Å²) >= 11 is 0. The van der Waals surface area contributed by atoms with Crippen LogP contribution in [0.2, 0.25) is 0 Å². The Bertz CT molecular complexity index is 502. The maximum atomic E-state index is 11.6. The molecule has 0 aliphatic heterocycles. The number of nitrogens with zero attached hydrogens (tertiary/aromatic N) is 2. The van der Waals surface area contributed by atoms with Gasteiger partial charge in [0, 0.05) is 31.8 Å². The summed E-state index contributed by atoms with van der Waals surface area (Å²) in [6.07, 6.45) is 9.30. The summed E-state index contributed by atoms with van der Waals surface area (Å²) in [4.78, 5) is 47.9. The molecule has 8 heteroatoms. The first-order chi connectivity index (χ1) is 11.2. The number of nitrogens with one attached hydrogen (secondary N) is 2. The van der Waals surface area contributed by atoms with E-state index in [1.807, 2.05) is 10.8 Å². The molecule has 0 aromatic carbocycles.